The summed E-state index contributed by atoms with van der Waals surface area (Å²) in [4.78, 5) is 7.28. The van der Waals surface area contributed by atoms with E-state index in [0.717, 1.165) is 17.1 Å². The molecule has 0 bridgehead atoms. The Balaban J connectivity index is 2.06. The Bertz CT molecular complexity index is 553. The topological polar surface area (TPSA) is 49.9 Å². The van der Waals surface area contributed by atoms with Crippen LogP contribution in [0.25, 0.3) is 0 Å². The summed E-state index contributed by atoms with van der Waals surface area (Å²) in [5.74, 6) is 1.30. The fourth-order valence-corrected chi connectivity index (χ4v) is 1.98. The van der Waals surface area contributed by atoms with E-state index in [1.807, 2.05) is 13.8 Å². The molecule has 0 fully saturated rings. The molecule has 5 heteroatoms. The van der Waals surface area contributed by atoms with Crippen molar-refractivity contribution in [2.75, 3.05) is 7.11 Å². The summed E-state index contributed by atoms with van der Waals surface area (Å²) in [5, 5.41) is 3.31. The van der Waals surface area contributed by atoms with Crippen LogP contribution in [-0.2, 0) is 6.54 Å². The van der Waals surface area contributed by atoms with Crippen molar-refractivity contribution in [3.8, 4) is 5.75 Å². The molecule has 0 spiro atoms. The lowest BCUT2D eigenvalue weighted by Gasteiger charge is -2.17. The molecule has 1 aromatic carbocycles. The highest BCUT2D eigenvalue weighted by atomic mass is 19.1. The standard InChI is InChI=1S/C14H18FN3O/c1-9(16-7-12-8-17-10(2)18-12)13-6-11(15)4-5-14(13)19-3/h4-6,8-9,16H,7H2,1-3H3,(H,17,18). The van der Waals surface area contributed by atoms with Crippen molar-refractivity contribution >= 4 is 0 Å². The zero-order valence-electron chi connectivity index (χ0n) is 11.3. The van der Waals surface area contributed by atoms with Crippen molar-refractivity contribution in [3.63, 3.8) is 0 Å². The number of methoxy groups -OCH3 is 1. The van der Waals surface area contributed by atoms with Gasteiger partial charge in [-0.2, -0.15) is 0 Å². The summed E-state index contributed by atoms with van der Waals surface area (Å²) in [7, 11) is 1.59. The predicted octanol–water partition coefficient (Wildman–Crippen LogP) is 2.72. The van der Waals surface area contributed by atoms with Gasteiger partial charge in [-0.15, -0.1) is 0 Å². The molecule has 0 aliphatic carbocycles. The third-order valence-corrected chi connectivity index (χ3v) is 3.01. The molecule has 4 nitrogen and oxygen atoms in total. The number of aromatic amines is 1. The summed E-state index contributed by atoms with van der Waals surface area (Å²) in [6, 6.07) is 4.51. The summed E-state index contributed by atoms with van der Waals surface area (Å²) >= 11 is 0. The van der Waals surface area contributed by atoms with Crippen molar-refractivity contribution in [2.24, 2.45) is 0 Å². The SMILES string of the molecule is COc1ccc(F)cc1C(C)NCc1cnc(C)[nH]1. The molecule has 0 saturated carbocycles. The first kappa shape index (κ1) is 13.5. The number of rotatable bonds is 5. The van der Waals surface area contributed by atoms with Gasteiger partial charge in [-0.25, -0.2) is 9.37 Å². The molecule has 0 aliphatic rings. The van der Waals surface area contributed by atoms with Crippen LogP contribution < -0.4 is 10.1 Å². The Morgan fingerprint density at radius 2 is 2.26 bits per heavy atom. The van der Waals surface area contributed by atoms with E-state index in [0.29, 0.717) is 12.3 Å². The smallest absolute Gasteiger partial charge is 0.123 e. The van der Waals surface area contributed by atoms with Crippen molar-refractivity contribution in [2.45, 2.75) is 26.4 Å². The Morgan fingerprint density at radius 1 is 1.47 bits per heavy atom. The maximum atomic E-state index is 13.3. The van der Waals surface area contributed by atoms with Gasteiger partial charge in [-0.1, -0.05) is 0 Å². The van der Waals surface area contributed by atoms with Crippen molar-refractivity contribution in [3.05, 3.63) is 47.3 Å². The fourth-order valence-electron chi connectivity index (χ4n) is 1.98. The number of aryl methyl sites for hydroxylation is 1. The second-order valence-corrected chi connectivity index (χ2v) is 4.48. The van der Waals surface area contributed by atoms with E-state index in [1.165, 1.54) is 12.1 Å². The van der Waals surface area contributed by atoms with Crippen LogP contribution in [-0.4, -0.2) is 17.1 Å². The largest absolute Gasteiger partial charge is 0.496 e. The first-order valence-electron chi connectivity index (χ1n) is 6.17. The lowest BCUT2D eigenvalue weighted by atomic mass is 10.1. The minimum Gasteiger partial charge on any atom is -0.496 e. The molecular formula is C14H18FN3O. The van der Waals surface area contributed by atoms with Crippen LogP contribution in [0.5, 0.6) is 5.75 Å². The van der Waals surface area contributed by atoms with E-state index in [4.69, 9.17) is 4.74 Å². The molecule has 2 aromatic rings. The van der Waals surface area contributed by atoms with Gasteiger partial charge in [0.15, 0.2) is 0 Å². The number of nitrogens with one attached hydrogen (secondary N) is 2. The number of hydrogen-bond acceptors (Lipinski definition) is 3. The number of imidazole rings is 1. The van der Waals surface area contributed by atoms with Crippen LogP contribution in [0, 0.1) is 12.7 Å². The van der Waals surface area contributed by atoms with Crippen LogP contribution in [0.1, 0.15) is 30.0 Å². The lowest BCUT2D eigenvalue weighted by molar-refractivity contribution is 0.399. The minimum atomic E-state index is -0.262. The summed E-state index contributed by atoms with van der Waals surface area (Å²) in [5.41, 5.74) is 1.80. The monoisotopic (exact) mass is 263 g/mol. The minimum absolute atomic E-state index is 0.0192. The molecule has 0 aliphatic heterocycles. The first-order chi connectivity index (χ1) is 9.10. The Hall–Kier alpha value is -1.88. The van der Waals surface area contributed by atoms with Crippen LogP contribution in [0.2, 0.25) is 0 Å². The number of aromatic nitrogens is 2. The molecule has 1 aromatic heterocycles. The van der Waals surface area contributed by atoms with Gasteiger partial charge in [0.1, 0.15) is 17.4 Å². The molecule has 0 amide bonds. The Labute approximate surface area is 112 Å². The second-order valence-electron chi connectivity index (χ2n) is 4.48. The maximum absolute atomic E-state index is 13.3. The zero-order chi connectivity index (χ0) is 13.8. The van der Waals surface area contributed by atoms with Crippen molar-refractivity contribution < 1.29 is 9.13 Å². The molecule has 2 N–H and O–H groups in total. The number of nitrogens with zero attached hydrogens (tertiary/aromatic N) is 1. The van der Waals surface area contributed by atoms with Crippen LogP contribution >= 0.6 is 0 Å². The normalized spacial score (nSPS) is 12.4. The molecule has 2 rings (SSSR count). The van der Waals surface area contributed by atoms with Gasteiger partial charge in [-0.05, 0) is 32.0 Å². The van der Waals surface area contributed by atoms with Crippen molar-refractivity contribution in [1.29, 1.82) is 0 Å². The third-order valence-electron chi connectivity index (χ3n) is 3.01. The van der Waals surface area contributed by atoms with Gasteiger partial charge in [0.2, 0.25) is 0 Å². The van der Waals surface area contributed by atoms with E-state index in [-0.39, 0.29) is 11.9 Å². The molecule has 1 atom stereocenters. The van der Waals surface area contributed by atoms with Crippen LogP contribution in [0.15, 0.2) is 24.4 Å². The van der Waals surface area contributed by atoms with Gasteiger partial charge in [-0.3, -0.25) is 0 Å². The summed E-state index contributed by atoms with van der Waals surface area (Å²) in [6.07, 6.45) is 1.79. The average molecular weight is 263 g/mol. The van der Waals surface area contributed by atoms with Crippen LogP contribution in [0.4, 0.5) is 4.39 Å². The summed E-state index contributed by atoms with van der Waals surface area (Å²) < 4.78 is 18.6. The maximum Gasteiger partial charge on any atom is 0.123 e. The molecule has 1 heterocycles. The third kappa shape index (κ3) is 3.32. The second kappa shape index (κ2) is 5.84. The first-order valence-corrected chi connectivity index (χ1v) is 6.17. The molecule has 1 unspecified atom stereocenters. The number of halogens is 1. The molecule has 0 saturated heterocycles. The molecule has 102 valence electrons. The highest BCUT2D eigenvalue weighted by molar-refractivity contribution is 5.36. The van der Waals surface area contributed by atoms with Gasteiger partial charge in [0, 0.05) is 30.0 Å². The van der Waals surface area contributed by atoms with Gasteiger partial charge in [0.25, 0.3) is 0 Å². The molecule has 0 radical (unpaired) electrons. The Kier molecular flexibility index (Phi) is 4.16. The molecular weight excluding hydrogens is 245 g/mol. The van der Waals surface area contributed by atoms with Gasteiger partial charge < -0.3 is 15.0 Å². The number of benzene rings is 1. The summed E-state index contributed by atoms with van der Waals surface area (Å²) in [6.45, 7) is 4.52. The fraction of sp³-hybridized carbons (Fsp3) is 0.357. The number of ether oxygens (including phenoxy) is 1. The number of hydrogen-bond donors (Lipinski definition) is 2. The van der Waals surface area contributed by atoms with Gasteiger partial charge in [0.05, 0.1) is 7.11 Å². The van der Waals surface area contributed by atoms with E-state index in [9.17, 15) is 4.39 Å². The highest BCUT2D eigenvalue weighted by Gasteiger charge is 2.12. The average Bonchev–Trinajstić information content (AvgIpc) is 2.81. The molecule has 19 heavy (non-hydrogen) atoms. The van der Waals surface area contributed by atoms with E-state index < -0.39 is 0 Å². The number of H-pyrrole nitrogens is 1. The van der Waals surface area contributed by atoms with E-state index >= 15 is 0 Å². The zero-order valence-corrected chi connectivity index (χ0v) is 11.3. The highest BCUT2D eigenvalue weighted by Crippen LogP contribution is 2.25. The predicted molar refractivity (Wildman–Crippen MR) is 71.5 cm³/mol. The van der Waals surface area contributed by atoms with Crippen molar-refractivity contribution in [1.82, 2.24) is 15.3 Å². The lowest BCUT2D eigenvalue weighted by Crippen LogP contribution is -2.19. The Morgan fingerprint density at radius 3 is 2.89 bits per heavy atom. The quantitative estimate of drug-likeness (QED) is 0.872. The van der Waals surface area contributed by atoms with Crippen LogP contribution in [0.3, 0.4) is 0 Å². The van der Waals surface area contributed by atoms with Gasteiger partial charge >= 0.3 is 0 Å². The van der Waals surface area contributed by atoms with E-state index in [2.05, 4.69) is 15.3 Å². The van der Waals surface area contributed by atoms with E-state index in [1.54, 1.807) is 19.4 Å².